The quantitative estimate of drug-likeness (QED) is 0.888. The summed E-state index contributed by atoms with van der Waals surface area (Å²) in [5.74, 6) is 0.492. The lowest BCUT2D eigenvalue weighted by atomic mass is 10.2. The van der Waals surface area contributed by atoms with Gasteiger partial charge in [0, 0.05) is 12.7 Å². The van der Waals surface area contributed by atoms with Crippen molar-refractivity contribution in [2.24, 2.45) is 0 Å². The van der Waals surface area contributed by atoms with Crippen molar-refractivity contribution in [3.05, 3.63) is 59.8 Å². The standard InChI is InChI=1S/C16H19N3O.C2H6/c1-12-8-9-15(18-10-12)19-16(20)13(2)17-11-14-6-4-3-5-7-14;1-2/h3-10,13,17H,11H2,1-2H3,(H,18,19,20);1-2H3. The first-order valence-electron chi connectivity index (χ1n) is 7.66. The summed E-state index contributed by atoms with van der Waals surface area (Å²) in [5, 5.41) is 5.98. The molecular weight excluding hydrogens is 274 g/mol. The maximum absolute atomic E-state index is 12.0. The number of hydrogen-bond acceptors (Lipinski definition) is 3. The largest absolute Gasteiger partial charge is 0.309 e. The van der Waals surface area contributed by atoms with Crippen molar-refractivity contribution < 1.29 is 4.79 Å². The Hall–Kier alpha value is -2.20. The van der Waals surface area contributed by atoms with E-state index in [1.807, 2.05) is 64.1 Å². The number of aryl methyl sites for hydroxylation is 1. The molecule has 1 amide bonds. The van der Waals surface area contributed by atoms with Crippen molar-refractivity contribution in [2.45, 2.75) is 40.3 Å². The summed E-state index contributed by atoms with van der Waals surface area (Å²) in [6, 6.07) is 13.4. The van der Waals surface area contributed by atoms with Crippen molar-refractivity contribution in [1.29, 1.82) is 0 Å². The van der Waals surface area contributed by atoms with Crippen molar-refractivity contribution in [1.82, 2.24) is 10.3 Å². The molecule has 0 spiro atoms. The lowest BCUT2D eigenvalue weighted by Gasteiger charge is -2.13. The maximum atomic E-state index is 12.0. The van der Waals surface area contributed by atoms with Crippen LogP contribution in [0.15, 0.2) is 48.7 Å². The van der Waals surface area contributed by atoms with Gasteiger partial charge in [0.2, 0.25) is 5.91 Å². The fourth-order valence-electron chi connectivity index (χ4n) is 1.74. The van der Waals surface area contributed by atoms with E-state index >= 15 is 0 Å². The van der Waals surface area contributed by atoms with E-state index in [4.69, 9.17) is 0 Å². The molecule has 0 radical (unpaired) electrons. The Kier molecular flexibility index (Phi) is 7.86. The van der Waals surface area contributed by atoms with E-state index < -0.39 is 0 Å². The zero-order valence-corrected chi connectivity index (χ0v) is 13.8. The zero-order valence-electron chi connectivity index (χ0n) is 13.8. The summed E-state index contributed by atoms with van der Waals surface area (Å²) < 4.78 is 0. The molecule has 4 heteroatoms. The first-order chi connectivity index (χ1) is 10.6. The molecule has 2 aromatic rings. The van der Waals surface area contributed by atoms with Crippen LogP contribution in [0.4, 0.5) is 5.82 Å². The normalized spacial score (nSPS) is 11.1. The molecule has 118 valence electrons. The minimum absolute atomic E-state index is 0.0858. The smallest absolute Gasteiger partial charge is 0.242 e. The molecular formula is C18H25N3O. The van der Waals surface area contributed by atoms with Crippen LogP contribution in [0.1, 0.15) is 31.9 Å². The van der Waals surface area contributed by atoms with Crippen LogP contribution >= 0.6 is 0 Å². The van der Waals surface area contributed by atoms with Gasteiger partial charge in [-0.25, -0.2) is 4.98 Å². The predicted molar refractivity (Wildman–Crippen MR) is 91.7 cm³/mol. The van der Waals surface area contributed by atoms with Crippen LogP contribution in [-0.4, -0.2) is 16.9 Å². The van der Waals surface area contributed by atoms with E-state index in [2.05, 4.69) is 15.6 Å². The van der Waals surface area contributed by atoms with E-state index in [0.717, 1.165) is 11.1 Å². The van der Waals surface area contributed by atoms with Gasteiger partial charge in [0.15, 0.2) is 0 Å². The molecule has 1 unspecified atom stereocenters. The average Bonchev–Trinajstić information content (AvgIpc) is 2.57. The molecule has 1 aromatic heterocycles. The predicted octanol–water partition coefficient (Wildman–Crippen LogP) is 3.53. The van der Waals surface area contributed by atoms with Crippen molar-refractivity contribution >= 4 is 11.7 Å². The number of nitrogens with zero attached hydrogens (tertiary/aromatic N) is 1. The number of rotatable bonds is 5. The molecule has 0 aliphatic rings. The second kappa shape index (κ2) is 9.68. The number of anilines is 1. The highest BCUT2D eigenvalue weighted by Crippen LogP contribution is 2.05. The van der Waals surface area contributed by atoms with Crippen LogP contribution in [0, 0.1) is 6.92 Å². The van der Waals surface area contributed by atoms with Crippen LogP contribution < -0.4 is 10.6 Å². The summed E-state index contributed by atoms with van der Waals surface area (Å²) >= 11 is 0. The van der Waals surface area contributed by atoms with Gasteiger partial charge >= 0.3 is 0 Å². The van der Waals surface area contributed by atoms with E-state index in [1.54, 1.807) is 12.3 Å². The Balaban J connectivity index is 0.00000116. The second-order valence-electron chi connectivity index (χ2n) is 4.80. The minimum atomic E-state index is -0.279. The molecule has 0 saturated heterocycles. The number of nitrogens with one attached hydrogen (secondary N) is 2. The highest BCUT2D eigenvalue weighted by atomic mass is 16.2. The van der Waals surface area contributed by atoms with Gasteiger partial charge in [-0.15, -0.1) is 0 Å². The van der Waals surface area contributed by atoms with Crippen LogP contribution in [0.5, 0.6) is 0 Å². The number of aromatic nitrogens is 1. The van der Waals surface area contributed by atoms with Gasteiger partial charge in [-0.3, -0.25) is 4.79 Å². The lowest BCUT2D eigenvalue weighted by molar-refractivity contribution is -0.117. The Bertz CT molecular complexity index is 552. The van der Waals surface area contributed by atoms with Gasteiger partial charge in [-0.2, -0.15) is 0 Å². The third-order valence-corrected chi connectivity index (χ3v) is 3.01. The maximum Gasteiger partial charge on any atom is 0.242 e. The summed E-state index contributed by atoms with van der Waals surface area (Å²) in [5.41, 5.74) is 2.22. The first-order valence-corrected chi connectivity index (χ1v) is 7.66. The fraction of sp³-hybridized carbons (Fsp3) is 0.333. The Morgan fingerprint density at radius 2 is 1.82 bits per heavy atom. The van der Waals surface area contributed by atoms with Crippen LogP contribution in [0.2, 0.25) is 0 Å². The van der Waals surface area contributed by atoms with E-state index in [1.165, 1.54) is 0 Å². The Morgan fingerprint density at radius 3 is 2.41 bits per heavy atom. The van der Waals surface area contributed by atoms with Gasteiger partial charge in [0.25, 0.3) is 0 Å². The number of benzene rings is 1. The van der Waals surface area contributed by atoms with Crippen molar-refractivity contribution in [2.75, 3.05) is 5.32 Å². The summed E-state index contributed by atoms with van der Waals surface area (Å²) in [6.45, 7) is 8.46. The molecule has 22 heavy (non-hydrogen) atoms. The zero-order chi connectivity index (χ0) is 16.4. The molecule has 1 aromatic carbocycles. The van der Waals surface area contributed by atoms with Gasteiger partial charge < -0.3 is 10.6 Å². The average molecular weight is 299 g/mol. The van der Waals surface area contributed by atoms with E-state index in [0.29, 0.717) is 12.4 Å². The monoisotopic (exact) mass is 299 g/mol. The van der Waals surface area contributed by atoms with Gasteiger partial charge in [-0.05, 0) is 31.0 Å². The van der Waals surface area contributed by atoms with Crippen molar-refractivity contribution in [3.63, 3.8) is 0 Å². The molecule has 0 aliphatic carbocycles. The Morgan fingerprint density at radius 1 is 1.14 bits per heavy atom. The fourth-order valence-corrected chi connectivity index (χ4v) is 1.74. The molecule has 0 saturated carbocycles. The molecule has 4 nitrogen and oxygen atoms in total. The highest BCUT2D eigenvalue weighted by Gasteiger charge is 2.12. The molecule has 0 bridgehead atoms. The van der Waals surface area contributed by atoms with E-state index in [-0.39, 0.29) is 11.9 Å². The Labute approximate surface area is 133 Å². The van der Waals surface area contributed by atoms with Gasteiger partial charge in [0.1, 0.15) is 5.82 Å². The molecule has 1 heterocycles. The first kappa shape index (κ1) is 17.9. The number of carbonyl (C=O) groups excluding carboxylic acids is 1. The van der Waals surface area contributed by atoms with Crippen LogP contribution in [-0.2, 0) is 11.3 Å². The summed E-state index contributed by atoms with van der Waals surface area (Å²) in [6.07, 6.45) is 1.73. The molecule has 2 N–H and O–H groups in total. The number of pyridine rings is 1. The molecule has 2 rings (SSSR count). The molecule has 0 aliphatic heterocycles. The lowest BCUT2D eigenvalue weighted by Crippen LogP contribution is -2.37. The van der Waals surface area contributed by atoms with Gasteiger partial charge in [0.05, 0.1) is 6.04 Å². The molecule has 0 fully saturated rings. The topological polar surface area (TPSA) is 54.0 Å². The van der Waals surface area contributed by atoms with E-state index in [9.17, 15) is 4.79 Å². The summed E-state index contributed by atoms with van der Waals surface area (Å²) in [7, 11) is 0. The minimum Gasteiger partial charge on any atom is -0.309 e. The number of carbonyl (C=O) groups is 1. The van der Waals surface area contributed by atoms with Crippen LogP contribution in [0.3, 0.4) is 0 Å². The van der Waals surface area contributed by atoms with Crippen LogP contribution in [0.25, 0.3) is 0 Å². The summed E-state index contributed by atoms with van der Waals surface area (Å²) in [4.78, 5) is 16.2. The SMILES string of the molecule is CC.Cc1ccc(NC(=O)C(C)NCc2ccccc2)nc1. The number of hydrogen-bond donors (Lipinski definition) is 2. The third kappa shape index (κ3) is 6.06. The number of amides is 1. The third-order valence-electron chi connectivity index (χ3n) is 3.01. The van der Waals surface area contributed by atoms with Gasteiger partial charge in [-0.1, -0.05) is 50.2 Å². The van der Waals surface area contributed by atoms with Crippen molar-refractivity contribution in [3.8, 4) is 0 Å². The molecule has 1 atom stereocenters. The highest BCUT2D eigenvalue weighted by molar-refractivity contribution is 5.93. The second-order valence-corrected chi connectivity index (χ2v) is 4.80.